The predicted octanol–water partition coefficient (Wildman–Crippen LogP) is 1.07. The van der Waals surface area contributed by atoms with E-state index in [1.165, 1.54) is 9.13 Å². The van der Waals surface area contributed by atoms with E-state index in [0.717, 1.165) is 12.2 Å². The summed E-state index contributed by atoms with van der Waals surface area (Å²) in [6.45, 7) is 3.72. The zero-order valence-electron chi connectivity index (χ0n) is 15.5. The largest absolute Gasteiger partial charge is 0.396 e. The Hall–Kier alpha value is -2.87. The Morgan fingerprint density at radius 2 is 1.93 bits per heavy atom. The van der Waals surface area contributed by atoms with Gasteiger partial charge in [0, 0.05) is 39.0 Å². The van der Waals surface area contributed by atoms with Crippen molar-refractivity contribution in [2.75, 3.05) is 18.1 Å². The average Bonchev–Trinajstić information content (AvgIpc) is 3.06. The molecule has 0 saturated heterocycles. The van der Waals surface area contributed by atoms with E-state index >= 15 is 0 Å². The molecule has 4 rings (SSSR count). The zero-order chi connectivity index (χ0) is 19.1. The molecule has 0 fully saturated rings. The van der Waals surface area contributed by atoms with Gasteiger partial charge in [0.2, 0.25) is 5.95 Å². The number of benzene rings is 1. The van der Waals surface area contributed by atoms with Crippen molar-refractivity contribution in [1.29, 1.82) is 0 Å². The lowest BCUT2D eigenvalue weighted by atomic mass is 10.1. The van der Waals surface area contributed by atoms with Gasteiger partial charge >= 0.3 is 5.69 Å². The Balaban J connectivity index is 1.98. The van der Waals surface area contributed by atoms with E-state index in [-0.39, 0.29) is 18.7 Å². The summed E-state index contributed by atoms with van der Waals surface area (Å²) in [5.41, 5.74) is 1.09. The lowest BCUT2D eigenvalue weighted by Gasteiger charge is -2.32. The van der Waals surface area contributed by atoms with Crippen molar-refractivity contribution in [3.05, 3.63) is 51.2 Å². The van der Waals surface area contributed by atoms with Crippen molar-refractivity contribution in [2.24, 2.45) is 13.0 Å². The van der Waals surface area contributed by atoms with Gasteiger partial charge < -0.3 is 14.6 Å². The van der Waals surface area contributed by atoms with Crippen molar-refractivity contribution in [3.8, 4) is 0 Å². The first kappa shape index (κ1) is 17.5. The topological polar surface area (TPSA) is 85.3 Å². The first-order valence-electron chi connectivity index (χ1n) is 9.16. The summed E-state index contributed by atoms with van der Waals surface area (Å²) in [5.74, 6) is 0.999. The van der Waals surface area contributed by atoms with Gasteiger partial charge in [-0.05, 0) is 24.5 Å². The molecule has 0 bridgehead atoms. The number of imidazole rings is 1. The molecule has 1 aromatic carbocycles. The summed E-state index contributed by atoms with van der Waals surface area (Å²) < 4.78 is 4.54. The molecule has 0 radical (unpaired) electrons. The van der Waals surface area contributed by atoms with Gasteiger partial charge in [-0.15, -0.1) is 0 Å². The van der Waals surface area contributed by atoms with Crippen LogP contribution < -0.4 is 16.1 Å². The number of aliphatic hydroxyl groups excluding tert-OH is 1. The van der Waals surface area contributed by atoms with Crippen LogP contribution in [0.15, 0.2) is 39.9 Å². The van der Waals surface area contributed by atoms with Gasteiger partial charge in [0.05, 0.1) is 0 Å². The van der Waals surface area contributed by atoms with Crippen LogP contribution in [0.25, 0.3) is 11.2 Å². The van der Waals surface area contributed by atoms with E-state index in [9.17, 15) is 9.59 Å². The molecule has 1 aliphatic heterocycles. The SMILES string of the molecule is C[C@H]1CN(c2ccccc2)c2nc3c(c(=O)n(CCCO)c(=O)n3C)n2C1. The number of aromatic nitrogens is 4. The summed E-state index contributed by atoms with van der Waals surface area (Å²) in [5, 5.41) is 9.09. The molecule has 1 N–H and O–H groups in total. The molecule has 1 atom stereocenters. The number of rotatable bonds is 4. The normalized spacial score (nSPS) is 16.7. The number of aliphatic hydroxyl groups is 1. The predicted molar refractivity (Wildman–Crippen MR) is 104 cm³/mol. The molecule has 2 aromatic heterocycles. The first-order chi connectivity index (χ1) is 13.0. The van der Waals surface area contributed by atoms with Crippen LogP contribution in [0.5, 0.6) is 0 Å². The minimum absolute atomic E-state index is 0.0725. The number of para-hydroxylation sites is 1. The summed E-state index contributed by atoms with van der Waals surface area (Å²) >= 11 is 0. The number of anilines is 2. The molecule has 0 unspecified atom stereocenters. The highest BCUT2D eigenvalue weighted by Gasteiger charge is 2.29. The van der Waals surface area contributed by atoms with Crippen LogP contribution >= 0.6 is 0 Å². The third kappa shape index (κ3) is 2.76. The number of aryl methyl sites for hydroxylation is 1. The average molecular weight is 369 g/mol. The molecule has 8 heteroatoms. The van der Waals surface area contributed by atoms with Crippen LogP contribution in [-0.2, 0) is 20.1 Å². The van der Waals surface area contributed by atoms with Crippen LogP contribution in [0.1, 0.15) is 13.3 Å². The highest BCUT2D eigenvalue weighted by atomic mass is 16.3. The molecule has 3 heterocycles. The smallest absolute Gasteiger partial charge is 0.332 e. The summed E-state index contributed by atoms with van der Waals surface area (Å²) in [6, 6.07) is 9.93. The van der Waals surface area contributed by atoms with Crippen LogP contribution in [0, 0.1) is 5.92 Å². The van der Waals surface area contributed by atoms with E-state index in [0.29, 0.717) is 36.0 Å². The van der Waals surface area contributed by atoms with Gasteiger partial charge in [0.25, 0.3) is 5.56 Å². The number of fused-ring (bicyclic) bond motifs is 3. The van der Waals surface area contributed by atoms with Crippen molar-refractivity contribution in [3.63, 3.8) is 0 Å². The van der Waals surface area contributed by atoms with E-state index in [1.54, 1.807) is 7.05 Å². The third-order valence-corrected chi connectivity index (χ3v) is 5.05. The molecule has 0 saturated carbocycles. The lowest BCUT2D eigenvalue weighted by Crippen LogP contribution is -2.40. The Labute approximate surface area is 155 Å². The summed E-state index contributed by atoms with van der Waals surface area (Å²) in [7, 11) is 1.63. The summed E-state index contributed by atoms with van der Waals surface area (Å²) in [4.78, 5) is 32.5. The Kier molecular flexibility index (Phi) is 4.35. The van der Waals surface area contributed by atoms with Gasteiger partial charge in [-0.3, -0.25) is 13.9 Å². The fourth-order valence-corrected chi connectivity index (χ4v) is 3.76. The second-order valence-corrected chi connectivity index (χ2v) is 7.12. The van der Waals surface area contributed by atoms with E-state index in [1.807, 2.05) is 34.9 Å². The van der Waals surface area contributed by atoms with Crippen LogP contribution in [0.3, 0.4) is 0 Å². The van der Waals surface area contributed by atoms with Gasteiger partial charge in [-0.2, -0.15) is 4.98 Å². The number of nitrogens with zero attached hydrogens (tertiary/aromatic N) is 5. The van der Waals surface area contributed by atoms with Gasteiger partial charge in [0.15, 0.2) is 11.2 Å². The molecule has 8 nitrogen and oxygen atoms in total. The highest BCUT2D eigenvalue weighted by molar-refractivity contribution is 5.77. The zero-order valence-corrected chi connectivity index (χ0v) is 15.5. The Morgan fingerprint density at radius 3 is 2.63 bits per heavy atom. The molecule has 27 heavy (non-hydrogen) atoms. The first-order valence-corrected chi connectivity index (χ1v) is 9.16. The maximum atomic E-state index is 13.1. The van der Waals surface area contributed by atoms with E-state index in [4.69, 9.17) is 5.11 Å². The Morgan fingerprint density at radius 1 is 1.19 bits per heavy atom. The van der Waals surface area contributed by atoms with Crippen LogP contribution in [0.4, 0.5) is 11.6 Å². The molecule has 142 valence electrons. The molecule has 1 aliphatic rings. The molecular weight excluding hydrogens is 346 g/mol. The summed E-state index contributed by atoms with van der Waals surface area (Å²) in [6.07, 6.45) is 0.355. The third-order valence-electron chi connectivity index (χ3n) is 5.05. The maximum absolute atomic E-state index is 13.1. The fourth-order valence-electron chi connectivity index (χ4n) is 3.76. The van der Waals surface area contributed by atoms with Crippen molar-refractivity contribution < 1.29 is 5.11 Å². The standard InChI is InChI=1S/C19H23N5O3/c1-13-11-23(14-7-4-3-5-8-14)18-20-16-15(24(18)12-13)17(26)22(9-6-10-25)19(27)21(16)2/h3-5,7-8,13,25H,6,9-12H2,1-2H3/t13-/m0/s1. The Bertz CT molecular complexity index is 1100. The minimum Gasteiger partial charge on any atom is -0.396 e. The van der Waals surface area contributed by atoms with Gasteiger partial charge in [-0.1, -0.05) is 25.1 Å². The quantitative estimate of drug-likeness (QED) is 0.743. The van der Waals surface area contributed by atoms with Crippen LogP contribution in [-0.4, -0.2) is 36.9 Å². The van der Waals surface area contributed by atoms with Crippen LogP contribution in [0.2, 0.25) is 0 Å². The molecule has 0 aliphatic carbocycles. The van der Waals surface area contributed by atoms with Gasteiger partial charge in [0.1, 0.15) is 0 Å². The van der Waals surface area contributed by atoms with E-state index < -0.39 is 5.69 Å². The minimum atomic E-state index is -0.407. The van der Waals surface area contributed by atoms with Crippen molar-refractivity contribution >= 4 is 22.8 Å². The fraction of sp³-hybridized carbons (Fsp3) is 0.421. The maximum Gasteiger partial charge on any atom is 0.332 e. The molecule has 0 amide bonds. The molecular formula is C19H23N5O3. The molecule has 0 spiro atoms. The monoisotopic (exact) mass is 369 g/mol. The van der Waals surface area contributed by atoms with E-state index in [2.05, 4.69) is 16.8 Å². The second kappa shape index (κ2) is 6.70. The lowest BCUT2D eigenvalue weighted by molar-refractivity contribution is 0.277. The second-order valence-electron chi connectivity index (χ2n) is 7.12. The number of hydrogen-bond acceptors (Lipinski definition) is 5. The highest BCUT2D eigenvalue weighted by Crippen LogP contribution is 2.32. The number of hydrogen-bond donors (Lipinski definition) is 1. The van der Waals surface area contributed by atoms with Crippen molar-refractivity contribution in [2.45, 2.75) is 26.4 Å². The van der Waals surface area contributed by atoms with Gasteiger partial charge in [-0.25, -0.2) is 4.79 Å². The van der Waals surface area contributed by atoms with Crippen molar-refractivity contribution in [1.82, 2.24) is 18.7 Å². The molecule has 3 aromatic rings.